The Morgan fingerprint density at radius 1 is 1.47 bits per heavy atom. The Morgan fingerprint density at radius 3 is 2.80 bits per heavy atom. The average molecular weight is 211 g/mol. The molecular formula is C12H18FNO. The lowest BCUT2D eigenvalue weighted by Crippen LogP contribution is -2.11. The molecule has 1 aromatic rings. The Bertz CT molecular complexity index is 314. The number of halogens is 1. The SMILES string of the molecule is CCCC[C@@H](N)c1cc(F)ccc1OC. The Kier molecular flexibility index (Phi) is 4.56. The summed E-state index contributed by atoms with van der Waals surface area (Å²) in [4.78, 5) is 0. The zero-order valence-electron chi connectivity index (χ0n) is 9.29. The lowest BCUT2D eigenvalue weighted by molar-refractivity contribution is 0.402. The van der Waals surface area contributed by atoms with Crippen molar-refractivity contribution < 1.29 is 9.13 Å². The van der Waals surface area contributed by atoms with Gasteiger partial charge in [0.15, 0.2) is 0 Å². The Morgan fingerprint density at radius 2 is 2.20 bits per heavy atom. The summed E-state index contributed by atoms with van der Waals surface area (Å²) < 4.78 is 18.2. The van der Waals surface area contributed by atoms with Crippen LogP contribution in [0.25, 0.3) is 0 Å². The third kappa shape index (κ3) is 3.20. The van der Waals surface area contributed by atoms with Crippen LogP contribution in [-0.2, 0) is 0 Å². The molecule has 1 aromatic carbocycles. The molecule has 0 unspecified atom stereocenters. The molecule has 15 heavy (non-hydrogen) atoms. The number of rotatable bonds is 5. The summed E-state index contributed by atoms with van der Waals surface area (Å²) in [5, 5.41) is 0. The molecule has 0 aliphatic carbocycles. The van der Waals surface area contributed by atoms with E-state index in [2.05, 4.69) is 6.92 Å². The topological polar surface area (TPSA) is 35.2 Å². The van der Waals surface area contributed by atoms with Gasteiger partial charge < -0.3 is 10.5 Å². The van der Waals surface area contributed by atoms with Gasteiger partial charge in [0, 0.05) is 11.6 Å². The zero-order chi connectivity index (χ0) is 11.3. The maximum Gasteiger partial charge on any atom is 0.123 e. The fraction of sp³-hybridized carbons (Fsp3) is 0.500. The lowest BCUT2D eigenvalue weighted by Gasteiger charge is -2.15. The van der Waals surface area contributed by atoms with E-state index in [1.165, 1.54) is 12.1 Å². The van der Waals surface area contributed by atoms with Crippen molar-refractivity contribution in [2.24, 2.45) is 5.73 Å². The molecule has 0 bridgehead atoms. The van der Waals surface area contributed by atoms with E-state index in [-0.39, 0.29) is 11.9 Å². The fourth-order valence-corrected chi connectivity index (χ4v) is 1.57. The molecule has 0 aromatic heterocycles. The van der Waals surface area contributed by atoms with E-state index in [9.17, 15) is 4.39 Å². The van der Waals surface area contributed by atoms with Crippen molar-refractivity contribution in [3.8, 4) is 5.75 Å². The van der Waals surface area contributed by atoms with E-state index in [1.807, 2.05) is 0 Å². The third-order valence-corrected chi connectivity index (χ3v) is 2.46. The molecule has 3 heteroatoms. The molecular weight excluding hydrogens is 193 g/mol. The van der Waals surface area contributed by atoms with E-state index in [4.69, 9.17) is 10.5 Å². The van der Waals surface area contributed by atoms with Crippen LogP contribution >= 0.6 is 0 Å². The summed E-state index contributed by atoms with van der Waals surface area (Å²) in [6.45, 7) is 2.11. The molecule has 1 rings (SSSR count). The van der Waals surface area contributed by atoms with Crippen molar-refractivity contribution >= 4 is 0 Å². The van der Waals surface area contributed by atoms with E-state index >= 15 is 0 Å². The Hall–Kier alpha value is -1.09. The van der Waals surface area contributed by atoms with Crippen molar-refractivity contribution in [2.75, 3.05) is 7.11 Å². The first kappa shape index (κ1) is 12.0. The molecule has 0 saturated heterocycles. The molecule has 0 aliphatic heterocycles. The van der Waals surface area contributed by atoms with Crippen LogP contribution in [0.15, 0.2) is 18.2 Å². The van der Waals surface area contributed by atoms with Gasteiger partial charge in [0.1, 0.15) is 11.6 Å². The van der Waals surface area contributed by atoms with Crippen LogP contribution in [0.1, 0.15) is 37.8 Å². The van der Waals surface area contributed by atoms with Gasteiger partial charge in [0.05, 0.1) is 7.11 Å². The number of hydrogen-bond donors (Lipinski definition) is 1. The van der Waals surface area contributed by atoms with Gasteiger partial charge in [-0.2, -0.15) is 0 Å². The highest BCUT2D eigenvalue weighted by Crippen LogP contribution is 2.27. The van der Waals surface area contributed by atoms with Crippen molar-refractivity contribution in [3.05, 3.63) is 29.6 Å². The van der Waals surface area contributed by atoms with Crippen LogP contribution in [0.5, 0.6) is 5.75 Å². The average Bonchev–Trinajstić information content (AvgIpc) is 2.25. The van der Waals surface area contributed by atoms with Crippen molar-refractivity contribution in [3.63, 3.8) is 0 Å². The largest absolute Gasteiger partial charge is 0.496 e. The summed E-state index contributed by atoms with van der Waals surface area (Å²) in [6, 6.07) is 4.32. The highest BCUT2D eigenvalue weighted by molar-refractivity contribution is 5.36. The second kappa shape index (κ2) is 5.71. The second-order valence-electron chi connectivity index (χ2n) is 3.63. The molecule has 0 fully saturated rings. The summed E-state index contributed by atoms with van der Waals surface area (Å²) in [7, 11) is 1.57. The molecule has 2 nitrogen and oxygen atoms in total. The minimum Gasteiger partial charge on any atom is -0.496 e. The minimum absolute atomic E-state index is 0.143. The standard InChI is InChI=1S/C12H18FNO/c1-3-4-5-11(14)10-8-9(13)6-7-12(10)15-2/h6-8,11H,3-5,14H2,1-2H3/t11-/m1/s1. The van der Waals surface area contributed by atoms with Crippen LogP contribution < -0.4 is 10.5 Å². The van der Waals surface area contributed by atoms with Gasteiger partial charge in [-0.05, 0) is 24.6 Å². The van der Waals surface area contributed by atoms with E-state index in [1.54, 1.807) is 13.2 Å². The van der Waals surface area contributed by atoms with Gasteiger partial charge in [-0.3, -0.25) is 0 Å². The highest BCUT2D eigenvalue weighted by Gasteiger charge is 2.12. The molecule has 0 amide bonds. The van der Waals surface area contributed by atoms with E-state index in [0.717, 1.165) is 24.8 Å². The first-order valence-electron chi connectivity index (χ1n) is 5.28. The number of nitrogens with two attached hydrogens (primary N) is 1. The van der Waals surface area contributed by atoms with Crippen LogP contribution in [-0.4, -0.2) is 7.11 Å². The van der Waals surface area contributed by atoms with Gasteiger partial charge in [-0.1, -0.05) is 19.8 Å². The van der Waals surface area contributed by atoms with E-state index < -0.39 is 0 Å². The summed E-state index contributed by atoms with van der Waals surface area (Å²) >= 11 is 0. The highest BCUT2D eigenvalue weighted by atomic mass is 19.1. The zero-order valence-corrected chi connectivity index (χ0v) is 9.29. The van der Waals surface area contributed by atoms with Crippen molar-refractivity contribution in [1.82, 2.24) is 0 Å². The first-order chi connectivity index (χ1) is 7.19. The molecule has 0 saturated carbocycles. The van der Waals surface area contributed by atoms with Gasteiger partial charge in [0.2, 0.25) is 0 Å². The predicted molar refractivity (Wildman–Crippen MR) is 59.4 cm³/mol. The molecule has 2 N–H and O–H groups in total. The minimum atomic E-state index is -0.266. The first-order valence-corrected chi connectivity index (χ1v) is 5.28. The predicted octanol–water partition coefficient (Wildman–Crippen LogP) is 3.02. The van der Waals surface area contributed by atoms with Crippen LogP contribution in [0.3, 0.4) is 0 Å². The van der Waals surface area contributed by atoms with Gasteiger partial charge in [-0.25, -0.2) is 4.39 Å². The number of unbranched alkanes of at least 4 members (excludes halogenated alkanes) is 1. The maximum atomic E-state index is 13.1. The molecule has 0 aliphatic rings. The lowest BCUT2D eigenvalue weighted by atomic mass is 10.0. The number of ether oxygens (including phenoxy) is 1. The van der Waals surface area contributed by atoms with Gasteiger partial charge in [0.25, 0.3) is 0 Å². The molecule has 84 valence electrons. The van der Waals surface area contributed by atoms with Crippen LogP contribution in [0.4, 0.5) is 4.39 Å². The molecule has 0 radical (unpaired) electrons. The Labute approximate surface area is 90.2 Å². The number of hydrogen-bond acceptors (Lipinski definition) is 2. The quantitative estimate of drug-likeness (QED) is 0.812. The van der Waals surface area contributed by atoms with Gasteiger partial charge >= 0.3 is 0 Å². The summed E-state index contributed by atoms with van der Waals surface area (Å²) in [5.74, 6) is 0.401. The Balaban J connectivity index is 2.85. The third-order valence-electron chi connectivity index (χ3n) is 2.46. The second-order valence-corrected chi connectivity index (χ2v) is 3.63. The smallest absolute Gasteiger partial charge is 0.123 e. The maximum absolute atomic E-state index is 13.1. The molecule has 0 spiro atoms. The van der Waals surface area contributed by atoms with Crippen LogP contribution in [0, 0.1) is 5.82 Å². The van der Waals surface area contributed by atoms with Crippen molar-refractivity contribution in [2.45, 2.75) is 32.2 Å². The normalized spacial score (nSPS) is 12.5. The number of methoxy groups -OCH3 is 1. The monoisotopic (exact) mass is 211 g/mol. The van der Waals surface area contributed by atoms with Gasteiger partial charge in [-0.15, -0.1) is 0 Å². The summed E-state index contributed by atoms with van der Waals surface area (Å²) in [6.07, 6.45) is 2.99. The number of benzene rings is 1. The molecule has 1 atom stereocenters. The van der Waals surface area contributed by atoms with Crippen LogP contribution in [0.2, 0.25) is 0 Å². The summed E-state index contributed by atoms with van der Waals surface area (Å²) in [5.41, 5.74) is 6.74. The fourth-order valence-electron chi connectivity index (χ4n) is 1.57. The molecule has 0 heterocycles. The van der Waals surface area contributed by atoms with Crippen molar-refractivity contribution in [1.29, 1.82) is 0 Å². The van der Waals surface area contributed by atoms with E-state index in [0.29, 0.717) is 5.75 Å².